The van der Waals surface area contributed by atoms with Crippen LogP contribution in [0.4, 0.5) is 0 Å². The van der Waals surface area contributed by atoms with Gasteiger partial charge in [-0.3, -0.25) is 14.6 Å². The number of carbonyl (C=O) groups is 1. The molecule has 8 nitrogen and oxygen atoms in total. The van der Waals surface area contributed by atoms with Crippen molar-refractivity contribution in [3.63, 3.8) is 0 Å². The Kier molecular flexibility index (Phi) is 5.24. The van der Waals surface area contributed by atoms with Crippen LogP contribution in [-0.4, -0.2) is 34.6 Å². The molecule has 0 radical (unpaired) electrons. The molecule has 1 atom stereocenters. The van der Waals surface area contributed by atoms with Gasteiger partial charge < -0.3 is 19.8 Å². The number of pyridine rings is 1. The van der Waals surface area contributed by atoms with E-state index in [9.17, 15) is 9.59 Å². The van der Waals surface area contributed by atoms with Gasteiger partial charge >= 0.3 is 0 Å². The molecule has 1 aliphatic rings. The third kappa shape index (κ3) is 4.11. The highest BCUT2D eigenvalue weighted by molar-refractivity contribution is 5.79. The number of aromatic amines is 1. The Labute approximate surface area is 166 Å². The lowest BCUT2D eigenvalue weighted by Crippen LogP contribution is -2.37. The number of methoxy groups -OCH3 is 1. The second-order valence-electron chi connectivity index (χ2n) is 6.70. The first kappa shape index (κ1) is 18.7. The van der Waals surface area contributed by atoms with E-state index < -0.39 is 0 Å². The molecule has 8 heteroatoms. The molecule has 3 aromatic rings. The van der Waals surface area contributed by atoms with Gasteiger partial charge in [0.1, 0.15) is 12.4 Å². The summed E-state index contributed by atoms with van der Waals surface area (Å²) in [6, 6.07) is 10.5. The van der Waals surface area contributed by atoms with Crippen molar-refractivity contribution in [3.05, 3.63) is 70.4 Å². The number of rotatable bonds is 5. The molecule has 0 unspecified atom stereocenters. The minimum Gasteiger partial charge on any atom is -0.493 e. The first-order valence-electron chi connectivity index (χ1n) is 9.21. The van der Waals surface area contributed by atoms with E-state index in [0.29, 0.717) is 29.4 Å². The Morgan fingerprint density at radius 1 is 1.31 bits per heavy atom. The molecule has 148 valence electrons. The van der Waals surface area contributed by atoms with Gasteiger partial charge in [0, 0.05) is 24.0 Å². The number of H-pyrrole nitrogens is 1. The lowest BCUT2D eigenvalue weighted by Gasteiger charge is -2.25. The van der Waals surface area contributed by atoms with Gasteiger partial charge in [0.15, 0.2) is 11.5 Å². The third-order valence-corrected chi connectivity index (χ3v) is 4.74. The van der Waals surface area contributed by atoms with Crippen molar-refractivity contribution in [2.24, 2.45) is 5.92 Å². The summed E-state index contributed by atoms with van der Waals surface area (Å²) in [6.45, 7) is 0.423. The second-order valence-corrected chi connectivity index (χ2v) is 6.70. The maximum absolute atomic E-state index is 12.6. The number of ether oxygens (including phenoxy) is 2. The van der Waals surface area contributed by atoms with Gasteiger partial charge in [-0.15, -0.1) is 0 Å². The van der Waals surface area contributed by atoms with Gasteiger partial charge in [-0.2, -0.15) is 0 Å². The van der Waals surface area contributed by atoms with E-state index in [4.69, 9.17) is 9.47 Å². The molecule has 0 aliphatic carbocycles. The van der Waals surface area contributed by atoms with Crippen LogP contribution in [0.1, 0.15) is 11.3 Å². The van der Waals surface area contributed by atoms with Crippen molar-refractivity contribution in [1.82, 2.24) is 20.3 Å². The number of hydrogen-bond acceptors (Lipinski definition) is 6. The standard InChI is InChI=1S/C21H20N4O4/c1-28-17-4-2-3-14-9-15(12-29-19(14)17)21(27)23-11-16-10-18(26)25-20(24-16)13-5-7-22-8-6-13/h2-8,10,15H,9,11-12H2,1H3,(H,23,27)(H,24,25,26)/t15-/m0/s1. The van der Waals surface area contributed by atoms with Crippen molar-refractivity contribution < 1.29 is 14.3 Å². The van der Waals surface area contributed by atoms with Crippen LogP contribution in [0.3, 0.4) is 0 Å². The predicted octanol–water partition coefficient (Wildman–Crippen LogP) is 1.71. The zero-order valence-corrected chi connectivity index (χ0v) is 15.8. The molecule has 2 N–H and O–H groups in total. The zero-order valence-electron chi connectivity index (χ0n) is 15.8. The number of amides is 1. The van der Waals surface area contributed by atoms with E-state index in [1.54, 1.807) is 31.6 Å². The summed E-state index contributed by atoms with van der Waals surface area (Å²) < 4.78 is 11.1. The highest BCUT2D eigenvalue weighted by Crippen LogP contribution is 2.36. The zero-order chi connectivity index (χ0) is 20.2. The van der Waals surface area contributed by atoms with Gasteiger partial charge in [0.25, 0.3) is 5.56 Å². The van der Waals surface area contributed by atoms with Crippen LogP contribution in [0.5, 0.6) is 11.5 Å². The topological polar surface area (TPSA) is 106 Å². The minimum absolute atomic E-state index is 0.147. The number of hydrogen-bond donors (Lipinski definition) is 2. The van der Waals surface area contributed by atoms with Crippen LogP contribution in [0.2, 0.25) is 0 Å². The third-order valence-electron chi connectivity index (χ3n) is 4.74. The number of carbonyl (C=O) groups excluding carboxylic acids is 1. The maximum atomic E-state index is 12.6. The maximum Gasteiger partial charge on any atom is 0.251 e. The number of para-hydroxylation sites is 1. The first-order chi connectivity index (χ1) is 14.1. The molecule has 0 spiro atoms. The number of nitrogens with zero attached hydrogens (tertiary/aromatic N) is 2. The van der Waals surface area contributed by atoms with Crippen LogP contribution in [0.15, 0.2) is 53.6 Å². The van der Waals surface area contributed by atoms with E-state index in [0.717, 1.165) is 11.1 Å². The molecule has 0 bridgehead atoms. The lowest BCUT2D eigenvalue weighted by molar-refractivity contribution is -0.126. The summed E-state index contributed by atoms with van der Waals surface area (Å²) in [5.74, 6) is 1.32. The van der Waals surface area contributed by atoms with Gasteiger partial charge in [-0.05, 0) is 30.2 Å². The fourth-order valence-electron chi connectivity index (χ4n) is 3.29. The van der Waals surface area contributed by atoms with Crippen molar-refractivity contribution in [1.29, 1.82) is 0 Å². The van der Waals surface area contributed by atoms with E-state index in [1.165, 1.54) is 6.07 Å². The molecule has 0 saturated carbocycles. The van der Waals surface area contributed by atoms with E-state index in [2.05, 4.69) is 20.3 Å². The van der Waals surface area contributed by atoms with Gasteiger partial charge in [-0.25, -0.2) is 4.98 Å². The monoisotopic (exact) mass is 392 g/mol. The fraction of sp³-hybridized carbons (Fsp3) is 0.238. The molecule has 1 aromatic carbocycles. The summed E-state index contributed by atoms with van der Waals surface area (Å²) in [4.78, 5) is 35.7. The molecule has 3 heterocycles. The van der Waals surface area contributed by atoms with Crippen molar-refractivity contribution in [2.75, 3.05) is 13.7 Å². The average molecular weight is 392 g/mol. The average Bonchev–Trinajstić information content (AvgIpc) is 2.76. The van der Waals surface area contributed by atoms with Crippen molar-refractivity contribution in [3.8, 4) is 22.9 Å². The van der Waals surface area contributed by atoms with Gasteiger partial charge in [0.05, 0.1) is 25.3 Å². The summed E-state index contributed by atoms with van der Waals surface area (Å²) in [5, 5.41) is 2.86. The summed E-state index contributed by atoms with van der Waals surface area (Å²) in [6.07, 6.45) is 3.81. The Hall–Kier alpha value is -3.68. The molecule has 0 saturated heterocycles. The fourth-order valence-corrected chi connectivity index (χ4v) is 3.29. The minimum atomic E-state index is -0.323. The molecule has 4 rings (SSSR count). The van der Waals surface area contributed by atoms with Crippen LogP contribution in [-0.2, 0) is 17.8 Å². The molecule has 1 aliphatic heterocycles. The Morgan fingerprint density at radius 2 is 2.14 bits per heavy atom. The quantitative estimate of drug-likeness (QED) is 0.685. The van der Waals surface area contributed by atoms with E-state index in [-0.39, 0.29) is 30.5 Å². The Morgan fingerprint density at radius 3 is 2.93 bits per heavy atom. The molecular weight excluding hydrogens is 372 g/mol. The van der Waals surface area contributed by atoms with E-state index >= 15 is 0 Å². The molecular formula is C21H20N4O4. The smallest absolute Gasteiger partial charge is 0.251 e. The Bertz CT molecular complexity index is 1080. The normalized spacial score (nSPS) is 15.1. The molecule has 2 aromatic heterocycles. The Balaban J connectivity index is 1.44. The lowest BCUT2D eigenvalue weighted by atomic mass is 9.95. The SMILES string of the molecule is COc1cccc2c1OC[C@@H](C(=O)NCc1cc(=O)[nH]c(-c3ccncc3)n1)C2. The largest absolute Gasteiger partial charge is 0.493 e. The summed E-state index contributed by atoms with van der Waals surface area (Å²) >= 11 is 0. The van der Waals surface area contributed by atoms with Crippen molar-refractivity contribution in [2.45, 2.75) is 13.0 Å². The second kappa shape index (κ2) is 8.14. The van der Waals surface area contributed by atoms with E-state index in [1.807, 2.05) is 18.2 Å². The molecule has 1 amide bonds. The molecule has 29 heavy (non-hydrogen) atoms. The van der Waals surface area contributed by atoms with Crippen LogP contribution in [0, 0.1) is 5.92 Å². The van der Waals surface area contributed by atoms with Gasteiger partial charge in [-0.1, -0.05) is 12.1 Å². The predicted molar refractivity (Wildman–Crippen MR) is 106 cm³/mol. The first-order valence-corrected chi connectivity index (χ1v) is 9.21. The van der Waals surface area contributed by atoms with Gasteiger partial charge in [0.2, 0.25) is 5.91 Å². The van der Waals surface area contributed by atoms with Crippen molar-refractivity contribution >= 4 is 5.91 Å². The van der Waals surface area contributed by atoms with Crippen LogP contribution >= 0.6 is 0 Å². The number of aromatic nitrogens is 3. The summed E-state index contributed by atoms with van der Waals surface area (Å²) in [5.41, 5.74) is 1.88. The summed E-state index contributed by atoms with van der Waals surface area (Å²) in [7, 11) is 1.59. The highest BCUT2D eigenvalue weighted by Gasteiger charge is 2.27. The number of fused-ring (bicyclic) bond motifs is 1. The number of benzene rings is 1. The van der Waals surface area contributed by atoms with Crippen LogP contribution in [0.25, 0.3) is 11.4 Å². The highest BCUT2D eigenvalue weighted by atomic mass is 16.5. The molecule has 0 fully saturated rings. The van der Waals surface area contributed by atoms with Crippen LogP contribution < -0.4 is 20.3 Å². The number of nitrogens with one attached hydrogen (secondary N) is 2.